The summed E-state index contributed by atoms with van der Waals surface area (Å²) in [5, 5.41) is 10.9. The number of halogens is 1. The highest BCUT2D eigenvalue weighted by atomic mass is 35.5. The van der Waals surface area contributed by atoms with E-state index < -0.39 is 0 Å². The molecule has 184 valence electrons. The van der Waals surface area contributed by atoms with Crippen molar-refractivity contribution in [2.75, 3.05) is 0 Å². The standard InChI is InChI=1S/C30H51ClO/c1-20(2)8-6-9-21(3)24-13-14-25-22-11-12-26-23(10-7-19-31)28(32)16-18-30(26,5)27(22)15-17-29(24,25)4/h7,19-28,32H,6,8-18H2,1-5H3/b19-7+/t21-,22+,23+,24-,25+,26+,27+,28+,29-,30+/m1/s1. The zero-order chi connectivity index (χ0) is 23.1. The summed E-state index contributed by atoms with van der Waals surface area (Å²) in [6.07, 6.45) is 18.0. The molecule has 0 aromatic heterocycles. The quantitative estimate of drug-likeness (QED) is 0.400. The maximum Gasteiger partial charge on any atom is 0.0574 e. The molecule has 4 saturated carbocycles. The van der Waals surface area contributed by atoms with Crippen LogP contribution < -0.4 is 0 Å². The molecule has 1 N–H and O–H groups in total. The van der Waals surface area contributed by atoms with Crippen LogP contribution in [0.25, 0.3) is 0 Å². The summed E-state index contributed by atoms with van der Waals surface area (Å²) in [5.41, 5.74) is 2.67. The highest BCUT2D eigenvalue weighted by Crippen LogP contribution is 2.69. The molecule has 0 aromatic rings. The van der Waals surface area contributed by atoms with E-state index in [9.17, 15) is 5.11 Å². The van der Waals surface area contributed by atoms with E-state index in [1.807, 2.05) is 0 Å². The molecule has 4 aliphatic rings. The predicted octanol–water partition coefficient (Wildman–Crippen LogP) is 8.84. The fourth-order valence-corrected chi connectivity index (χ4v) is 10.2. The molecule has 0 spiro atoms. The Hall–Kier alpha value is -0.0100. The fourth-order valence-electron chi connectivity index (χ4n) is 10.1. The molecular formula is C30H51ClO. The number of aliphatic hydroxyl groups excluding tert-OH is 1. The molecule has 0 amide bonds. The number of aliphatic hydroxyl groups is 1. The van der Waals surface area contributed by atoms with E-state index in [1.54, 1.807) is 5.54 Å². The second kappa shape index (κ2) is 9.93. The molecule has 4 rings (SSSR count). The van der Waals surface area contributed by atoms with Crippen LogP contribution in [0.3, 0.4) is 0 Å². The molecule has 4 aliphatic carbocycles. The third-order valence-corrected chi connectivity index (χ3v) is 11.8. The lowest BCUT2D eigenvalue weighted by Crippen LogP contribution is -2.56. The van der Waals surface area contributed by atoms with Crippen LogP contribution in [0.15, 0.2) is 11.6 Å². The first-order valence-corrected chi connectivity index (χ1v) is 14.6. The third kappa shape index (κ3) is 4.36. The zero-order valence-electron chi connectivity index (χ0n) is 21.7. The molecule has 2 heteroatoms. The second-order valence-electron chi connectivity index (χ2n) is 13.5. The van der Waals surface area contributed by atoms with E-state index in [4.69, 9.17) is 11.6 Å². The summed E-state index contributed by atoms with van der Waals surface area (Å²) in [4.78, 5) is 0. The Morgan fingerprint density at radius 3 is 2.28 bits per heavy atom. The second-order valence-corrected chi connectivity index (χ2v) is 13.7. The third-order valence-electron chi connectivity index (χ3n) is 11.6. The molecule has 0 bridgehead atoms. The lowest BCUT2D eigenvalue weighted by molar-refractivity contribution is -0.152. The first-order chi connectivity index (χ1) is 15.2. The summed E-state index contributed by atoms with van der Waals surface area (Å²) in [6.45, 7) is 12.7. The lowest BCUT2D eigenvalue weighted by atomic mass is 9.43. The van der Waals surface area contributed by atoms with Crippen LogP contribution in [-0.2, 0) is 0 Å². The lowest BCUT2D eigenvalue weighted by Gasteiger charge is -2.62. The van der Waals surface area contributed by atoms with Gasteiger partial charge in [0.15, 0.2) is 0 Å². The Morgan fingerprint density at radius 1 is 0.875 bits per heavy atom. The van der Waals surface area contributed by atoms with Crippen LogP contribution in [0, 0.1) is 58.2 Å². The molecule has 0 unspecified atom stereocenters. The van der Waals surface area contributed by atoms with Gasteiger partial charge in [0.2, 0.25) is 0 Å². The van der Waals surface area contributed by atoms with Gasteiger partial charge in [-0.15, -0.1) is 0 Å². The van der Waals surface area contributed by atoms with Crippen LogP contribution >= 0.6 is 11.6 Å². The minimum absolute atomic E-state index is 0.131. The molecule has 10 atom stereocenters. The van der Waals surface area contributed by atoms with Crippen molar-refractivity contribution >= 4 is 11.6 Å². The smallest absolute Gasteiger partial charge is 0.0574 e. The monoisotopic (exact) mass is 462 g/mol. The van der Waals surface area contributed by atoms with Crippen molar-refractivity contribution < 1.29 is 5.11 Å². The average molecular weight is 463 g/mol. The molecule has 4 fully saturated rings. The number of fused-ring (bicyclic) bond motifs is 5. The molecule has 0 radical (unpaired) electrons. The molecule has 1 nitrogen and oxygen atoms in total. The van der Waals surface area contributed by atoms with E-state index in [1.165, 1.54) is 64.2 Å². The summed E-state index contributed by atoms with van der Waals surface area (Å²) in [7, 11) is 0. The van der Waals surface area contributed by atoms with Gasteiger partial charge in [-0.2, -0.15) is 0 Å². The fraction of sp³-hybridized carbons (Fsp3) is 0.933. The molecule has 0 aliphatic heterocycles. The highest BCUT2D eigenvalue weighted by molar-refractivity contribution is 6.25. The van der Waals surface area contributed by atoms with Crippen LogP contribution in [0.5, 0.6) is 0 Å². The molecular weight excluding hydrogens is 412 g/mol. The maximum absolute atomic E-state index is 10.9. The van der Waals surface area contributed by atoms with Crippen LogP contribution in [0.2, 0.25) is 0 Å². The highest BCUT2D eigenvalue weighted by Gasteiger charge is 2.61. The number of hydrogen-bond acceptors (Lipinski definition) is 1. The SMILES string of the molecule is CC(C)CCC[C@@H](C)[C@H]1CC[C@H]2[C@@H]3CC[C@H]4[C@H](C/C=C/Cl)[C@@H](O)CC[C@]4(C)[C@H]3CC[C@]12C. The Labute approximate surface area is 204 Å². The van der Waals surface area contributed by atoms with Crippen LogP contribution in [0.1, 0.15) is 112 Å². The summed E-state index contributed by atoms with van der Waals surface area (Å²) >= 11 is 5.89. The van der Waals surface area contributed by atoms with Gasteiger partial charge in [0, 0.05) is 5.54 Å². The summed E-state index contributed by atoms with van der Waals surface area (Å²) in [5.74, 6) is 6.53. The summed E-state index contributed by atoms with van der Waals surface area (Å²) < 4.78 is 0. The topological polar surface area (TPSA) is 20.2 Å². The number of rotatable bonds is 7. The van der Waals surface area contributed by atoms with Crippen molar-refractivity contribution in [1.82, 2.24) is 0 Å². The van der Waals surface area contributed by atoms with E-state index in [-0.39, 0.29) is 6.10 Å². The van der Waals surface area contributed by atoms with Gasteiger partial charge in [0.05, 0.1) is 6.10 Å². The predicted molar refractivity (Wildman–Crippen MR) is 138 cm³/mol. The van der Waals surface area contributed by atoms with Gasteiger partial charge in [0.1, 0.15) is 0 Å². The van der Waals surface area contributed by atoms with Crippen LogP contribution in [0.4, 0.5) is 0 Å². The Balaban J connectivity index is 1.48. The zero-order valence-corrected chi connectivity index (χ0v) is 22.4. The molecule has 0 saturated heterocycles. The maximum atomic E-state index is 10.9. The average Bonchev–Trinajstić information content (AvgIpc) is 3.10. The first kappa shape index (κ1) is 25.1. The van der Waals surface area contributed by atoms with Crippen LogP contribution in [-0.4, -0.2) is 11.2 Å². The van der Waals surface area contributed by atoms with E-state index in [0.29, 0.717) is 22.7 Å². The van der Waals surface area contributed by atoms with Crippen molar-refractivity contribution in [1.29, 1.82) is 0 Å². The Kier molecular flexibility index (Phi) is 7.78. The van der Waals surface area contributed by atoms with Crippen molar-refractivity contribution in [3.05, 3.63) is 11.6 Å². The molecule has 0 aromatic carbocycles. The minimum atomic E-state index is -0.131. The van der Waals surface area contributed by atoms with E-state index in [2.05, 4.69) is 40.7 Å². The molecule has 32 heavy (non-hydrogen) atoms. The van der Waals surface area contributed by atoms with E-state index >= 15 is 0 Å². The van der Waals surface area contributed by atoms with Crippen molar-refractivity contribution in [2.45, 2.75) is 118 Å². The molecule has 0 heterocycles. The van der Waals surface area contributed by atoms with Gasteiger partial charge in [-0.05, 0) is 116 Å². The minimum Gasteiger partial charge on any atom is -0.393 e. The van der Waals surface area contributed by atoms with Gasteiger partial charge in [-0.3, -0.25) is 0 Å². The van der Waals surface area contributed by atoms with Gasteiger partial charge in [-0.25, -0.2) is 0 Å². The van der Waals surface area contributed by atoms with Gasteiger partial charge in [-0.1, -0.05) is 71.6 Å². The van der Waals surface area contributed by atoms with Crippen molar-refractivity contribution in [2.24, 2.45) is 58.2 Å². The number of allylic oxidation sites excluding steroid dienone is 1. The van der Waals surface area contributed by atoms with Gasteiger partial charge >= 0.3 is 0 Å². The normalized spacial score (nSPS) is 47.3. The first-order valence-electron chi connectivity index (χ1n) is 14.2. The summed E-state index contributed by atoms with van der Waals surface area (Å²) in [6, 6.07) is 0. The van der Waals surface area contributed by atoms with E-state index in [0.717, 1.165) is 48.3 Å². The van der Waals surface area contributed by atoms with Crippen molar-refractivity contribution in [3.8, 4) is 0 Å². The number of hydrogen-bond donors (Lipinski definition) is 1. The van der Waals surface area contributed by atoms with Gasteiger partial charge < -0.3 is 5.11 Å². The van der Waals surface area contributed by atoms with Crippen molar-refractivity contribution in [3.63, 3.8) is 0 Å². The largest absolute Gasteiger partial charge is 0.393 e. The Bertz CT molecular complexity index is 657. The Morgan fingerprint density at radius 2 is 1.56 bits per heavy atom. The van der Waals surface area contributed by atoms with Gasteiger partial charge in [0.25, 0.3) is 0 Å².